The maximum absolute atomic E-state index is 5.19. The minimum atomic E-state index is 0.209. The molecule has 0 bridgehead atoms. The van der Waals surface area contributed by atoms with E-state index in [1.165, 1.54) is 0 Å². The zero-order valence-electron chi connectivity index (χ0n) is 8.10. The van der Waals surface area contributed by atoms with Crippen LogP contribution in [-0.2, 0) is 0 Å². The van der Waals surface area contributed by atoms with Gasteiger partial charge in [0.25, 0.3) is 0 Å². The molecule has 1 fully saturated rings. The quantitative estimate of drug-likeness (QED) is 0.760. The van der Waals surface area contributed by atoms with Gasteiger partial charge in [-0.1, -0.05) is 5.16 Å². The second-order valence-electron chi connectivity index (χ2n) is 3.54. The zero-order valence-corrected chi connectivity index (χ0v) is 8.10. The summed E-state index contributed by atoms with van der Waals surface area (Å²) in [7, 11) is 0. The lowest BCUT2D eigenvalue weighted by Crippen LogP contribution is -2.12. The minimum Gasteiger partial charge on any atom is -0.342 e. The van der Waals surface area contributed by atoms with Gasteiger partial charge in [-0.3, -0.25) is 0 Å². The Morgan fingerprint density at radius 3 is 3.20 bits per heavy atom. The smallest absolute Gasteiger partial charge is 0.244 e. The fraction of sp³-hybridized carbons (Fsp3) is 0.444. The van der Waals surface area contributed by atoms with E-state index in [9.17, 15) is 0 Å². The Morgan fingerprint density at radius 2 is 2.47 bits per heavy atom. The molecule has 6 heteroatoms. The van der Waals surface area contributed by atoms with Gasteiger partial charge in [-0.2, -0.15) is 4.98 Å². The summed E-state index contributed by atoms with van der Waals surface area (Å²) in [6.07, 6.45) is 5.61. The van der Waals surface area contributed by atoms with E-state index in [1.54, 1.807) is 12.4 Å². The van der Waals surface area contributed by atoms with Crippen LogP contribution < -0.4 is 5.32 Å². The average molecular weight is 205 g/mol. The van der Waals surface area contributed by atoms with Crippen molar-refractivity contribution in [2.24, 2.45) is 0 Å². The van der Waals surface area contributed by atoms with Crippen LogP contribution in [0.15, 0.2) is 16.9 Å². The fourth-order valence-electron chi connectivity index (χ4n) is 1.76. The largest absolute Gasteiger partial charge is 0.342 e. The van der Waals surface area contributed by atoms with E-state index in [0.717, 1.165) is 19.4 Å². The highest BCUT2D eigenvalue weighted by molar-refractivity contribution is 5.40. The van der Waals surface area contributed by atoms with Crippen molar-refractivity contribution in [1.82, 2.24) is 25.4 Å². The Balaban J connectivity index is 1.87. The Morgan fingerprint density at radius 1 is 1.47 bits per heavy atom. The Kier molecular flexibility index (Phi) is 1.99. The molecule has 0 radical (unpaired) electrons. The highest BCUT2D eigenvalue weighted by Gasteiger charge is 2.22. The van der Waals surface area contributed by atoms with Crippen molar-refractivity contribution >= 4 is 0 Å². The number of aromatic nitrogens is 4. The summed E-state index contributed by atoms with van der Waals surface area (Å²) in [5, 5.41) is 7.19. The van der Waals surface area contributed by atoms with Gasteiger partial charge in [-0.15, -0.1) is 0 Å². The number of hydrogen-bond acceptors (Lipinski definition) is 5. The first kappa shape index (κ1) is 8.60. The number of rotatable bonds is 2. The summed E-state index contributed by atoms with van der Waals surface area (Å²) in [4.78, 5) is 11.3. The van der Waals surface area contributed by atoms with Crippen molar-refractivity contribution in [3.8, 4) is 11.6 Å². The number of nitrogens with one attached hydrogen (secondary N) is 2. The molecule has 1 atom stereocenters. The molecule has 3 heterocycles. The molecule has 2 aromatic heterocycles. The van der Waals surface area contributed by atoms with Gasteiger partial charge >= 0.3 is 0 Å². The second kappa shape index (κ2) is 3.47. The molecule has 6 nitrogen and oxygen atoms in total. The normalized spacial score (nSPS) is 20.9. The number of hydrogen-bond donors (Lipinski definition) is 2. The highest BCUT2D eigenvalue weighted by Crippen LogP contribution is 2.22. The average Bonchev–Trinajstić information content (AvgIpc) is 3.02. The summed E-state index contributed by atoms with van der Waals surface area (Å²) in [5.41, 5.74) is 0. The topological polar surface area (TPSA) is 79.6 Å². The van der Waals surface area contributed by atoms with Crippen molar-refractivity contribution in [2.45, 2.75) is 18.9 Å². The lowest BCUT2D eigenvalue weighted by atomic mass is 10.2. The van der Waals surface area contributed by atoms with E-state index in [2.05, 4.69) is 25.4 Å². The third-order valence-corrected chi connectivity index (χ3v) is 2.51. The first-order valence-electron chi connectivity index (χ1n) is 5.00. The number of H-pyrrole nitrogens is 1. The lowest BCUT2D eigenvalue weighted by Gasteiger charge is -2.00. The number of nitrogens with zero attached hydrogens (tertiary/aromatic N) is 3. The van der Waals surface area contributed by atoms with Crippen molar-refractivity contribution < 1.29 is 4.52 Å². The standard InChI is InChI=1S/C9H11N5O/c1-2-6(10-3-1)9-13-8(14-15-9)7-11-4-5-12-7/h4-6,10H,1-3H2,(H,11,12)/t6-/m1/s1. The third kappa shape index (κ3) is 1.52. The fourth-order valence-corrected chi connectivity index (χ4v) is 1.76. The van der Waals surface area contributed by atoms with Gasteiger partial charge in [0.05, 0.1) is 6.04 Å². The molecule has 0 saturated carbocycles. The van der Waals surface area contributed by atoms with Crippen LogP contribution in [-0.4, -0.2) is 26.7 Å². The maximum atomic E-state index is 5.19. The SMILES string of the molecule is c1c[nH]c(-c2noc([C@H]3CCCN3)n2)n1. The molecule has 2 aromatic rings. The van der Waals surface area contributed by atoms with Crippen molar-refractivity contribution in [3.63, 3.8) is 0 Å². The van der Waals surface area contributed by atoms with Crippen LogP contribution in [0.1, 0.15) is 24.8 Å². The minimum absolute atomic E-state index is 0.209. The van der Waals surface area contributed by atoms with Crippen LogP contribution in [0.5, 0.6) is 0 Å². The predicted molar refractivity (Wildman–Crippen MR) is 51.9 cm³/mol. The summed E-state index contributed by atoms with van der Waals surface area (Å²) in [6, 6.07) is 0.209. The van der Waals surface area contributed by atoms with E-state index >= 15 is 0 Å². The van der Waals surface area contributed by atoms with Gasteiger partial charge < -0.3 is 14.8 Å². The molecule has 0 amide bonds. The molecular weight excluding hydrogens is 194 g/mol. The summed E-state index contributed by atoms with van der Waals surface area (Å²) in [6.45, 7) is 1.02. The Bertz CT molecular complexity index is 429. The van der Waals surface area contributed by atoms with E-state index in [1.807, 2.05) is 0 Å². The predicted octanol–water partition coefficient (Wildman–Crippen LogP) is 0.884. The molecule has 2 N–H and O–H groups in total. The van der Waals surface area contributed by atoms with Gasteiger partial charge in [0.1, 0.15) is 0 Å². The van der Waals surface area contributed by atoms with Crippen LogP contribution in [0.3, 0.4) is 0 Å². The van der Waals surface area contributed by atoms with Gasteiger partial charge in [-0.05, 0) is 19.4 Å². The van der Waals surface area contributed by atoms with Gasteiger partial charge in [0, 0.05) is 12.4 Å². The number of aromatic amines is 1. The molecule has 0 unspecified atom stereocenters. The maximum Gasteiger partial charge on any atom is 0.244 e. The Labute approximate surface area is 86.1 Å². The molecule has 15 heavy (non-hydrogen) atoms. The van der Waals surface area contributed by atoms with Crippen LogP contribution in [0.25, 0.3) is 11.6 Å². The van der Waals surface area contributed by atoms with Crippen molar-refractivity contribution in [2.75, 3.05) is 6.54 Å². The zero-order chi connectivity index (χ0) is 10.1. The van der Waals surface area contributed by atoms with E-state index in [0.29, 0.717) is 17.5 Å². The van der Waals surface area contributed by atoms with E-state index < -0.39 is 0 Å². The second-order valence-corrected chi connectivity index (χ2v) is 3.54. The van der Waals surface area contributed by atoms with Crippen LogP contribution in [0, 0.1) is 0 Å². The van der Waals surface area contributed by atoms with Gasteiger partial charge in [-0.25, -0.2) is 4.98 Å². The molecule has 1 saturated heterocycles. The summed E-state index contributed by atoms with van der Waals surface area (Å²) in [5.74, 6) is 1.81. The Hall–Kier alpha value is -1.69. The summed E-state index contributed by atoms with van der Waals surface area (Å²) >= 11 is 0. The molecular formula is C9H11N5O. The van der Waals surface area contributed by atoms with Gasteiger partial charge in [0.2, 0.25) is 11.7 Å². The van der Waals surface area contributed by atoms with E-state index in [4.69, 9.17) is 4.52 Å². The first-order chi connectivity index (χ1) is 7.43. The van der Waals surface area contributed by atoms with Crippen molar-refractivity contribution in [3.05, 3.63) is 18.3 Å². The molecule has 78 valence electrons. The van der Waals surface area contributed by atoms with Gasteiger partial charge in [0.15, 0.2) is 5.82 Å². The van der Waals surface area contributed by atoms with Crippen LogP contribution >= 0.6 is 0 Å². The molecule has 1 aliphatic rings. The van der Waals surface area contributed by atoms with E-state index in [-0.39, 0.29) is 6.04 Å². The molecule has 0 aliphatic carbocycles. The summed E-state index contributed by atoms with van der Waals surface area (Å²) < 4.78 is 5.19. The third-order valence-electron chi connectivity index (χ3n) is 2.51. The highest BCUT2D eigenvalue weighted by atomic mass is 16.5. The van der Waals surface area contributed by atoms with Crippen molar-refractivity contribution in [1.29, 1.82) is 0 Å². The molecule has 3 rings (SSSR count). The number of imidazole rings is 1. The van der Waals surface area contributed by atoms with Crippen LogP contribution in [0.4, 0.5) is 0 Å². The molecule has 0 aromatic carbocycles. The molecule has 0 spiro atoms. The molecule has 1 aliphatic heterocycles. The first-order valence-corrected chi connectivity index (χ1v) is 5.00. The monoisotopic (exact) mass is 205 g/mol. The lowest BCUT2D eigenvalue weighted by molar-refractivity contribution is 0.345. The van der Waals surface area contributed by atoms with Crippen LogP contribution in [0.2, 0.25) is 0 Å².